The SMILES string of the molecule is CSCCN(C)C(=O)c1cc(N)nc(C(C)C)c1. The zero-order valence-electron chi connectivity index (χ0n) is 11.4. The maximum Gasteiger partial charge on any atom is 0.253 e. The predicted octanol–water partition coefficient (Wildman–Crippen LogP) is 2.22. The van der Waals surface area contributed by atoms with Crippen LogP contribution in [0.2, 0.25) is 0 Å². The van der Waals surface area contributed by atoms with Crippen LogP contribution in [0.25, 0.3) is 0 Å². The van der Waals surface area contributed by atoms with Gasteiger partial charge in [-0.1, -0.05) is 13.8 Å². The Morgan fingerprint density at radius 3 is 2.72 bits per heavy atom. The first kappa shape index (κ1) is 14.8. The zero-order valence-corrected chi connectivity index (χ0v) is 12.3. The van der Waals surface area contributed by atoms with Crippen molar-refractivity contribution in [3.8, 4) is 0 Å². The summed E-state index contributed by atoms with van der Waals surface area (Å²) in [5.41, 5.74) is 7.23. The van der Waals surface area contributed by atoms with E-state index in [2.05, 4.69) is 4.98 Å². The predicted molar refractivity (Wildman–Crippen MR) is 78.1 cm³/mol. The molecule has 0 saturated heterocycles. The lowest BCUT2D eigenvalue weighted by Gasteiger charge is -2.17. The second-order valence-electron chi connectivity index (χ2n) is 4.58. The molecule has 1 aromatic rings. The smallest absolute Gasteiger partial charge is 0.253 e. The van der Waals surface area contributed by atoms with Gasteiger partial charge >= 0.3 is 0 Å². The van der Waals surface area contributed by atoms with Gasteiger partial charge in [0.25, 0.3) is 5.91 Å². The largest absolute Gasteiger partial charge is 0.384 e. The van der Waals surface area contributed by atoms with Crippen molar-refractivity contribution in [3.63, 3.8) is 0 Å². The number of thioether (sulfide) groups is 1. The van der Waals surface area contributed by atoms with E-state index < -0.39 is 0 Å². The molecule has 100 valence electrons. The minimum absolute atomic E-state index is 0.0000463. The van der Waals surface area contributed by atoms with Crippen LogP contribution in [0.4, 0.5) is 5.82 Å². The van der Waals surface area contributed by atoms with Gasteiger partial charge in [-0.25, -0.2) is 4.98 Å². The zero-order chi connectivity index (χ0) is 13.7. The number of nitrogen functional groups attached to an aromatic ring is 1. The van der Waals surface area contributed by atoms with Crippen molar-refractivity contribution in [2.45, 2.75) is 19.8 Å². The lowest BCUT2D eigenvalue weighted by molar-refractivity contribution is 0.0803. The molecule has 2 N–H and O–H groups in total. The minimum Gasteiger partial charge on any atom is -0.384 e. The van der Waals surface area contributed by atoms with Crippen molar-refractivity contribution in [1.29, 1.82) is 0 Å². The maximum absolute atomic E-state index is 12.2. The van der Waals surface area contributed by atoms with E-state index in [9.17, 15) is 4.79 Å². The maximum atomic E-state index is 12.2. The van der Waals surface area contributed by atoms with Gasteiger partial charge in [-0.15, -0.1) is 0 Å². The Bertz CT molecular complexity index is 421. The summed E-state index contributed by atoms with van der Waals surface area (Å²) < 4.78 is 0. The lowest BCUT2D eigenvalue weighted by Crippen LogP contribution is -2.29. The van der Waals surface area contributed by atoms with Crippen LogP contribution in [0.15, 0.2) is 12.1 Å². The average Bonchev–Trinajstić information content (AvgIpc) is 2.34. The Balaban J connectivity index is 2.91. The van der Waals surface area contributed by atoms with Crippen LogP contribution in [0.5, 0.6) is 0 Å². The second kappa shape index (κ2) is 6.64. The summed E-state index contributed by atoms with van der Waals surface area (Å²) in [7, 11) is 1.81. The molecule has 4 nitrogen and oxygen atoms in total. The molecule has 1 amide bonds. The first-order chi connectivity index (χ1) is 8.45. The van der Waals surface area contributed by atoms with Gasteiger partial charge in [0.2, 0.25) is 0 Å². The summed E-state index contributed by atoms with van der Waals surface area (Å²) >= 11 is 1.72. The Labute approximate surface area is 113 Å². The van der Waals surface area contributed by atoms with Crippen molar-refractivity contribution in [2.24, 2.45) is 0 Å². The molecular formula is C13H21N3OS. The third-order valence-electron chi connectivity index (χ3n) is 2.68. The molecule has 1 rings (SSSR count). The van der Waals surface area contributed by atoms with Crippen LogP contribution in [0.3, 0.4) is 0 Å². The monoisotopic (exact) mass is 267 g/mol. The van der Waals surface area contributed by atoms with Gasteiger partial charge < -0.3 is 10.6 Å². The van der Waals surface area contributed by atoms with E-state index in [0.29, 0.717) is 11.4 Å². The number of carbonyl (C=O) groups excluding carboxylic acids is 1. The number of hydrogen-bond acceptors (Lipinski definition) is 4. The number of pyridine rings is 1. The van der Waals surface area contributed by atoms with Crippen molar-refractivity contribution < 1.29 is 4.79 Å². The number of nitrogens with two attached hydrogens (primary N) is 1. The van der Waals surface area contributed by atoms with Gasteiger partial charge in [-0.3, -0.25) is 4.79 Å². The van der Waals surface area contributed by atoms with Crippen molar-refractivity contribution in [3.05, 3.63) is 23.4 Å². The molecule has 0 aliphatic heterocycles. The fourth-order valence-corrected chi connectivity index (χ4v) is 2.00. The third kappa shape index (κ3) is 3.91. The number of anilines is 1. The molecular weight excluding hydrogens is 246 g/mol. The highest BCUT2D eigenvalue weighted by Gasteiger charge is 2.14. The van der Waals surface area contributed by atoms with Crippen LogP contribution in [-0.2, 0) is 0 Å². The normalized spacial score (nSPS) is 10.7. The van der Waals surface area contributed by atoms with Crippen LogP contribution in [0.1, 0.15) is 35.8 Å². The van der Waals surface area contributed by atoms with E-state index in [1.54, 1.807) is 22.7 Å². The second-order valence-corrected chi connectivity index (χ2v) is 5.57. The number of rotatable bonds is 5. The van der Waals surface area contributed by atoms with E-state index in [0.717, 1.165) is 18.0 Å². The minimum atomic E-state index is 0.0000463. The molecule has 0 fully saturated rings. The summed E-state index contributed by atoms with van der Waals surface area (Å²) in [6.07, 6.45) is 2.03. The number of amides is 1. The first-order valence-electron chi connectivity index (χ1n) is 5.97. The molecule has 0 radical (unpaired) electrons. The fraction of sp³-hybridized carbons (Fsp3) is 0.538. The van der Waals surface area contributed by atoms with E-state index >= 15 is 0 Å². The Morgan fingerprint density at radius 1 is 1.50 bits per heavy atom. The van der Waals surface area contributed by atoms with Gasteiger partial charge in [0, 0.05) is 30.6 Å². The molecule has 0 aliphatic carbocycles. The molecule has 0 bridgehead atoms. The molecule has 0 spiro atoms. The number of hydrogen-bond donors (Lipinski definition) is 1. The van der Waals surface area contributed by atoms with E-state index in [-0.39, 0.29) is 11.8 Å². The molecule has 5 heteroatoms. The third-order valence-corrected chi connectivity index (χ3v) is 3.27. The van der Waals surface area contributed by atoms with E-state index in [1.807, 2.05) is 33.2 Å². The number of carbonyl (C=O) groups is 1. The van der Waals surface area contributed by atoms with Crippen LogP contribution in [-0.4, -0.2) is 41.4 Å². The van der Waals surface area contributed by atoms with Crippen molar-refractivity contribution >= 4 is 23.5 Å². The molecule has 1 heterocycles. The summed E-state index contributed by atoms with van der Waals surface area (Å²) in [6, 6.07) is 3.47. The first-order valence-corrected chi connectivity index (χ1v) is 7.37. The Kier molecular flexibility index (Phi) is 5.47. The molecule has 0 atom stereocenters. The van der Waals surface area contributed by atoms with Gasteiger partial charge in [0.1, 0.15) is 5.82 Å². The molecule has 0 saturated carbocycles. The Morgan fingerprint density at radius 2 is 2.17 bits per heavy atom. The van der Waals surface area contributed by atoms with Crippen LogP contribution < -0.4 is 5.73 Å². The lowest BCUT2D eigenvalue weighted by atomic mass is 10.1. The summed E-state index contributed by atoms with van der Waals surface area (Å²) in [4.78, 5) is 18.2. The summed E-state index contributed by atoms with van der Waals surface area (Å²) in [5.74, 6) is 1.60. The van der Waals surface area contributed by atoms with Crippen molar-refractivity contribution in [2.75, 3.05) is 31.3 Å². The highest BCUT2D eigenvalue weighted by atomic mass is 32.2. The molecule has 0 unspecified atom stereocenters. The van der Waals surface area contributed by atoms with Gasteiger partial charge in [-0.2, -0.15) is 11.8 Å². The standard InChI is InChI=1S/C13H21N3OS/c1-9(2)11-7-10(8-12(14)15-11)13(17)16(3)5-6-18-4/h7-9H,5-6H2,1-4H3,(H2,14,15). The van der Waals surface area contributed by atoms with E-state index in [4.69, 9.17) is 5.73 Å². The molecule has 0 aromatic carbocycles. The average molecular weight is 267 g/mol. The quantitative estimate of drug-likeness (QED) is 0.888. The number of aromatic nitrogens is 1. The van der Waals surface area contributed by atoms with Gasteiger partial charge in [0.15, 0.2) is 0 Å². The highest BCUT2D eigenvalue weighted by molar-refractivity contribution is 7.98. The number of nitrogens with zero attached hydrogens (tertiary/aromatic N) is 2. The van der Waals surface area contributed by atoms with E-state index in [1.165, 1.54) is 0 Å². The Hall–Kier alpha value is -1.23. The molecule has 18 heavy (non-hydrogen) atoms. The summed E-state index contributed by atoms with van der Waals surface area (Å²) in [5, 5.41) is 0. The van der Waals surface area contributed by atoms with Crippen LogP contribution >= 0.6 is 11.8 Å². The molecule has 1 aromatic heterocycles. The van der Waals surface area contributed by atoms with Crippen LogP contribution in [0, 0.1) is 0 Å². The topological polar surface area (TPSA) is 59.2 Å². The fourth-order valence-electron chi connectivity index (χ4n) is 1.54. The molecule has 0 aliphatic rings. The van der Waals surface area contributed by atoms with Gasteiger partial charge in [-0.05, 0) is 24.3 Å². The van der Waals surface area contributed by atoms with Gasteiger partial charge in [0.05, 0.1) is 0 Å². The highest BCUT2D eigenvalue weighted by Crippen LogP contribution is 2.17. The van der Waals surface area contributed by atoms with Crippen molar-refractivity contribution in [1.82, 2.24) is 9.88 Å². The summed E-state index contributed by atoms with van der Waals surface area (Å²) in [6.45, 7) is 4.81.